The Morgan fingerprint density at radius 2 is 2.00 bits per heavy atom. The fraction of sp³-hybridized carbons (Fsp3) is 0. The third kappa shape index (κ3) is 3.05. The van der Waals surface area contributed by atoms with Crippen LogP contribution in [0.25, 0.3) is 0 Å². The van der Waals surface area contributed by atoms with Crippen LogP contribution in [0.4, 0.5) is 5.69 Å². The minimum Gasteiger partial charge on any atom is -0.258 e. The normalized spacial score (nSPS) is 9.89. The molecule has 0 fully saturated rings. The van der Waals surface area contributed by atoms with Gasteiger partial charge in [-0.25, -0.2) is 0 Å². The number of nitriles is 1. The molecule has 0 atom stereocenters. The molecule has 0 unspecified atom stereocenters. The van der Waals surface area contributed by atoms with E-state index in [0.717, 1.165) is 9.79 Å². The summed E-state index contributed by atoms with van der Waals surface area (Å²) in [5.74, 6) is 0. The Hall–Kier alpha value is -2.03. The zero-order valence-electron chi connectivity index (χ0n) is 9.54. The Bertz CT molecular complexity index is 683. The lowest BCUT2D eigenvalue weighted by atomic mass is 10.2. The van der Waals surface area contributed by atoms with E-state index in [1.807, 2.05) is 24.3 Å². The summed E-state index contributed by atoms with van der Waals surface area (Å²) in [6, 6.07) is 13.5. The lowest BCUT2D eigenvalue weighted by Crippen LogP contribution is -1.92. The molecule has 2 aromatic carbocycles. The zero-order chi connectivity index (χ0) is 13.8. The Morgan fingerprint density at radius 1 is 1.26 bits per heavy atom. The Labute approximate surface area is 118 Å². The van der Waals surface area contributed by atoms with Crippen molar-refractivity contribution in [1.82, 2.24) is 0 Å². The molecule has 0 aromatic heterocycles. The SMILES string of the molecule is N#Cc1cc(Sc2ccccc2Cl)ccc1[N+](=O)[O-]. The molecule has 2 rings (SSSR count). The standard InChI is InChI=1S/C13H7ClN2O2S/c14-11-3-1-2-4-13(11)19-10-5-6-12(16(17)18)9(7-10)8-15/h1-7H. The van der Waals surface area contributed by atoms with Crippen molar-refractivity contribution >= 4 is 29.1 Å². The van der Waals surface area contributed by atoms with Crippen molar-refractivity contribution in [3.8, 4) is 6.07 Å². The van der Waals surface area contributed by atoms with Gasteiger partial charge in [0.2, 0.25) is 0 Å². The van der Waals surface area contributed by atoms with Gasteiger partial charge in [-0.15, -0.1) is 0 Å². The highest BCUT2D eigenvalue weighted by Gasteiger charge is 2.14. The average Bonchev–Trinajstić information content (AvgIpc) is 2.41. The molecule has 0 heterocycles. The number of hydrogen-bond donors (Lipinski definition) is 0. The van der Waals surface area contributed by atoms with Crippen LogP contribution in [0.3, 0.4) is 0 Å². The second kappa shape index (κ2) is 5.74. The van der Waals surface area contributed by atoms with Crippen LogP contribution in [0.2, 0.25) is 5.02 Å². The molecular weight excluding hydrogens is 284 g/mol. The molecule has 0 N–H and O–H groups in total. The second-order valence-corrected chi connectivity index (χ2v) is 5.10. The minimum absolute atomic E-state index is 0.0436. The summed E-state index contributed by atoms with van der Waals surface area (Å²) in [6.07, 6.45) is 0. The number of nitro groups is 1. The minimum atomic E-state index is -0.567. The van der Waals surface area contributed by atoms with E-state index in [0.29, 0.717) is 5.02 Å². The van der Waals surface area contributed by atoms with Crippen LogP contribution in [-0.2, 0) is 0 Å². The molecule has 0 amide bonds. The molecule has 0 saturated carbocycles. The number of nitrogens with zero attached hydrogens (tertiary/aromatic N) is 2. The molecule has 19 heavy (non-hydrogen) atoms. The van der Waals surface area contributed by atoms with E-state index < -0.39 is 4.92 Å². The van der Waals surface area contributed by atoms with Crippen molar-refractivity contribution in [2.24, 2.45) is 0 Å². The van der Waals surface area contributed by atoms with E-state index in [4.69, 9.17) is 16.9 Å². The van der Waals surface area contributed by atoms with Crippen molar-refractivity contribution in [3.05, 3.63) is 63.2 Å². The predicted octanol–water partition coefficient (Wildman–Crippen LogP) is 4.27. The molecule has 0 aliphatic rings. The van der Waals surface area contributed by atoms with E-state index in [1.54, 1.807) is 12.1 Å². The predicted molar refractivity (Wildman–Crippen MR) is 73.4 cm³/mol. The molecule has 0 aliphatic heterocycles. The van der Waals surface area contributed by atoms with Crippen molar-refractivity contribution in [2.75, 3.05) is 0 Å². The molecule has 0 bridgehead atoms. The molecule has 6 heteroatoms. The first-order valence-electron chi connectivity index (χ1n) is 5.22. The van der Waals surface area contributed by atoms with Gasteiger partial charge in [0.25, 0.3) is 5.69 Å². The third-order valence-electron chi connectivity index (χ3n) is 2.35. The van der Waals surface area contributed by atoms with Crippen molar-refractivity contribution in [2.45, 2.75) is 9.79 Å². The first-order valence-corrected chi connectivity index (χ1v) is 6.42. The summed E-state index contributed by atoms with van der Waals surface area (Å²) in [5.41, 5.74) is -0.145. The van der Waals surface area contributed by atoms with Gasteiger partial charge in [0.05, 0.1) is 9.95 Å². The van der Waals surface area contributed by atoms with Crippen molar-refractivity contribution < 1.29 is 4.92 Å². The summed E-state index contributed by atoms with van der Waals surface area (Å²) in [4.78, 5) is 11.7. The maximum Gasteiger partial charge on any atom is 0.287 e. The lowest BCUT2D eigenvalue weighted by Gasteiger charge is -2.04. The van der Waals surface area contributed by atoms with Gasteiger partial charge in [-0.3, -0.25) is 10.1 Å². The van der Waals surface area contributed by atoms with Crippen LogP contribution in [0.5, 0.6) is 0 Å². The molecule has 4 nitrogen and oxygen atoms in total. The van der Waals surface area contributed by atoms with Crippen molar-refractivity contribution in [3.63, 3.8) is 0 Å². The maximum absolute atomic E-state index is 10.7. The van der Waals surface area contributed by atoms with E-state index in [2.05, 4.69) is 0 Å². The largest absolute Gasteiger partial charge is 0.287 e. The van der Waals surface area contributed by atoms with Gasteiger partial charge in [0.1, 0.15) is 11.6 Å². The van der Waals surface area contributed by atoms with Gasteiger partial charge in [0.15, 0.2) is 0 Å². The van der Waals surface area contributed by atoms with E-state index >= 15 is 0 Å². The van der Waals surface area contributed by atoms with Gasteiger partial charge >= 0.3 is 0 Å². The summed E-state index contributed by atoms with van der Waals surface area (Å²) in [6.45, 7) is 0. The van der Waals surface area contributed by atoms with Crippen molar-refractivity contribution in [1.29, 1.82) is 5.26 Å². The first-order chi connectivity index (χ1) is 9.11. The quantitative estimate of drug-likeness (QED) is 0.625. The number of nitro benzene ring substituents is 1. The van der Waals surface area contributed by atoms with Crippen LogP contribution in [0, 0.1) is 21.4 Å². The second-order valence-electron chi connectivity index (χ2n) is 3.58. The Kier molecular flexibility index (Phi) is 4.05. The van der Waals surface area contributed by atoms with Gasteiger partial charge in [-0.1, -0.05) is 35.5 Å². The topological polar surface area (TPSA) is 66.9 Å². The number of hydrogen-bond acceptors (Lipinski definition) is 4. The van der Waals surface area contributed by atoms with Crippen LogP contribution in [0.15, 0.2) is 52.3 Å². The van der Waals surface area contributed by atoms with Crippen LogP contribution >= 0.6 is 23.4 Å². The molecule has 2 aromatic rings. The van der Waals surface area contributed by atoms with Gasteiger partial charge in [-0.05, 0) is 24.3 Å². The first kappa shape index (κ1) is 13.4. The van der Waals surface area contributed by atoms with Gasteiger partial charge < -0.3 is 0 Å². The fourth-order valence-electron chi connectivity index (χ4n) is 1.48. The smallest absolute Gasteiger partial charge is 0.258 e. The highest BCUT2D eigenvalue weighted by Crippen LogP contribution is 2.34. The lowest BCUT2D eigenvalue weighted by molar-refractivity contribution is -0.385. The monoisotopic (exact) mass is 290 g/mol. The van der Waals surface area contributed by atoms with Crippen LogP contribution in [0.1, 0.15) is 5.56 Å². The molecular formula is C13H7ClN2O2S. The summed E-state index contributed by atoms with van der Waals surface area (Å²) >= 11 is 7.39. The molecule has 0 aliphatic carbocycles. The van der Waals surface area contributed by atoms with E-state index in [-0.39, 0.29) is 11.3 Å². The summed E-state index contributed by atoms with van der Waals surface area (Å²) < 4.78 is 0. The fourth-order valence-corrected chi connectivity index (χ4v) is 2.61. The molecule has 0 saturated heterocycles. The Morgan fingerprint density at radius 3 is 2.63 bits per heavy atom. The average molecular weight is 291 g/mol. The summed E-state index contributed by atoms with van der Waals surface area (Å²) in [5, 5.41) is 20.3. The zero-order valence-corrected chi connectivity index (χ0v) is 11.1. The maximum atomic E-state index is 10.7. The highest BCUT2D eigenvalue weighted by atomic mass is 35.5. The number of benzene rings is 2. The highest BCUT2D eigenvalue weighted by molar-refractivity contribution is 7.99. The van der Waals surface area contributed by atoms with Crippen LogP contribution < -0.4 is 0 Å². The molecule has 0 radical (unpaired) electrons. The summed E-state index contributed by atoms with van der Waals surface area (Å²) in [7, 11) is 0. The third-order valence-corrected chi connectivity index (χ3v) is 3.86. The van der Waals surface area contributed by atoms with E-state index in [9.17, 15) is 10.1 Å². The molecule has 0 spiro atoms. The van der Waals surface area contributed by atoms with E-state index in [1.165, 1.54) is 23.9 Å². The number of rotatable bonds is 3. The Balaban J connectivity index is 2.36. The van der Waals surface area contributed by atoms with Gasteiger partial charge in [-0.2, -0.15) is 5.26 Å². The molecule has 94 valence electrons. The number of halogens is 1. The van der Waals surface area contributed by atoms with Gasteiger partial charge in [0, 0.05) is 15.9 Å². The van der Waals surface area contributed by atoms with Crippen LogP contribution in [-0.4, -0.2) is 4.92 Å².